The molecule has 16 heavy (non-hydrogen) atoms. The minimum absolute atomic E-state index is 0.725. The van der Waals surface area contributed by atoms with Gasteiger partial charge < -0.3 is 15.2 Å². The van der Waals surface area contributed by atoms with Gasteiger partial charge in [0.05, 0.1) is 12.2 Å². The molecule has 1 aliphatic heterocycles. The first-order valence-corrected chi connectivity index (χ1v) is 5.28. The number of anilines is 2. The number of aromatic nitrogens is 4. The van der Waals surface area contributed by atoms with Crippen LogP contribution < -0.4 is 10.6 Å². The Morgan fingerprint density at radius 1 is 1.38 bits per heavy atom. The van der Waals surface area contributed by atoms with Crippen molar-refractivity contribution in [1.82, 2.24) is 19.3 Å². The van der Waals surface area contributed by atoms with Crippen molar-refractivity contribution in [2.24, 2.45) is 7.05 Å². The lowest BCUT2D eigenvalue weighted by Crippen LogP contribution is -2.34. The van der Waals surface area contributed by atoms with Crippen molar-refractivity contribution < 1.29 is 0 Å². The smallest absolute Gasteiger partial charge is 0.174 e. The first-order chi connectivity index (χ1) is 7.74. The minimum Gasteiger partial charge on any atom is -0.394 e. The van der Waals surface area contributed by atoms with Crippen molar-refractivity contribution in [2.45, 2.75) is 13.1 Å². The molecule has 0 unspecified atom stereocenters. The number of imidazole rings is 1. The number of rotatable bonds is 1. The Balaban J connectivity index is 1.91. The number of fused-ring (bicyclic) bond motifs is 1. The Hall–Kier alpha value is -1.98. The number of nitrogen functional groups attached to an aromatic ring is 1. The minimum atomic E-state index is 0.725. The lowest BCUT2D eigenvalue weighted by atomic mass is 10.3. The predicted octanol–water partition coefficient (Wildman–Crippen LogP) is 0.219. The SMILES string of the molecule is Cn1cc(N)c(N2CCn3ccnc3C2)n1. The highest BCUT2D eigenvalue weighted by Gasteiger charge is 2.20. The summed E-state index contributed by atoms with van der Waals surface area (Å²) < 4.78 is 3.90. The number of aryl methyl sites for hydroxylation is 1. The summed E-state index contributed by atoms with van der Waals surface area (Å²) >= 11 is 0. The molecule has 2 aromatic heterocycles. The molecule has 1 aliphatic rings. The second-order valence-corrected chi connectivity index (χ2v) is 4.04. The van der Waals surface area contributed by atoms with Crippen molar-refractivity contribution in [3.63, 3.8) is 0 Å². The standard InChI is InChI=1S/C10H14N6/c1-14-6-8(11)10(13-14)16-5-4-15-3-2-12-9(15)7-16/h2-3,6H,4-5,7,11H2,1H3. The Morgan fingerprint density at radius 2 is 2.25 bits per heavy atom. The lowest BCUT2D eigenvalue weighted by molar-refractivity contribution is 0.553. The maximum absolute atomic E-state index is 5.92. The van der Waals surface area contributed by atoms with E-state index in [0.29, 0.717) is 0 Å². The van der Waals surface area contributed by atoms with E-state index < -0.39 is 0 Å². The molecule has 3 heterocycles. The van der Waals surface area contributed by atoms with E-state index in [-0.39, 0.29) is 0 Å². The van der Waals surface area contributed by atoms with Crippen molar-refractivity contribution in [3.8, 4) is 0 Å². The summed E-state index contributed by atoms with van der Waals surface area (Å²) in [6, 6.07) is 0. The molecular weight excluding hydrogens is 204 g/mol. The number of hydrogen-bond acceptors (Lipinski definition) is 4. The Kier molecular flexibility index (Phi) is 1.89. The summed E-state index contributed by atoms with van der Waals surface area (Å²) in [6.45, 7) is 2.63. The molecule has 6 nitrogen and oxygen atoms in total. The fourth-order valence-corrected chi connectivity index (χ4v) is 2.10. The molecule has 3 rings (SSSR count). The second kappa shape index (κ2) is 3.26. The van der Waals surface area contributed by atoms with Crippen molar-refractivity contribution in [3.05, 3.63) is 24.4 Å². The van der Waals surface area contributed by atoms with Crippen LogP contribution in [0.25, 0.3) is 0 Å². The first kappa shape index (κ1) is 9.26. The first-order valence-electron chi connectivity index (χ1n) is 5.28. The van der Waals surface area contributed by atoms with Gasteiger partial charge in [0, 0.05) is 38.7 Å². The lowest BCUT2D eigenvalue weighted by Gasteiger charge is -2.27. The van der Waals surface area contributed by atoms with Gasteiger partial charge in [-0.15, -0.1) is 0 Å². The van der Waals surface area contributed by atoms with Gasteiger partial charge in [-0.05, 0) is 0 Å². The number of nitrogens with two attached hydrogens (primary N) is 1. The molecule has 2 N–H and O–H groups in total. The van der Waals surface area contributed by atoms with E-state index in [2.05, 4.69) is 19.5 Å². The highest BCUT2D eigenvalue weighted by Crippen LogP contribution is 2.23. The van der Waals surface area contributed by atoms with Gasteiger partial charge in [0.2, 0.25) is 0 Å². The van der Waals surface area contributed by atoms with Gasteiger partial charge in [0.1, 0.15) is 5.82 Å². The summed E-state index contributed by atoms with van der Waals surface area (Å²) in [4.78, 5) is 6.48. The molecule has 0 atom stereocenters. The Labute approximate surface area is 93.3 Å². The van der Waals surface area contributed by atoms with E-state index in [1.54, 1.807) is 4.68 Å². The van der Waals surface area contributed by atoms with Gasteiger partial charge in [-0.2, -0.15) is 5.10 Å². The summed E-state index contributed by atoms with van der Waals surface area (Å²) in [7, 11) is 1.88. The van der Waals surface area contributed by atoms with E-state index in [1.807, 2.05) is 25.6 Å². The molecular formula is C10H14N6. The summed E-state index contributed by atoms with van der Waals surface area (Å²) in [5.74, 6) is 1.92. The van der Waals surface area contributed by atoms with Gasteiger partial charge in [-0.25, -0.2) is 4.98 Å². The quantitative estimate of drug-likeness (QED) is 0.743. The van der Waals surface area contributed by atoms with Gasteiger partial charge in [-0.1, -0.05) is 0 Å². The molecule has 84 valence electrons. The Morgan fingerprint density at radius 3 is 3.00 bits per heavy atom. The van der Waals surface area contributed by atoms with Crippen LogP contribution >= 0.6 is 0 Å². The Bertz CT molecular complexity index is 511. The van der Waals surface area contributed by atoms with E-state index in [0.717, 1.165) is 37.0 Å². The van der Waals surface area contributed by atoms with Crippen LogP contribution in [0, 0.1) is 0 Å². The number of hydrogen-bond donors (Lipinski definition) is 1. The van der Waals surface area contributed by atoms with E-state index in [1.165, 1.54) is 0 Å². The highest BCUT2D eigenvalue weighted by atomic mass is 15.4. The summed E-state index contributed by atoms with van der Waals surface area (Å²) in [5, 5.41) is 4.37. The zero-order chi connectivity index (χ0) is 11.1. The van der Waals surface area contributed by atoms with Gasteiger partial charge in [-0.3, -0.25) is 4.68 Å². The monoisotopic (exact) mass is 218 g/mol. The van der Waals surface area contributed by atoms with Crippen LogP contribution in [0.15, 0.2) is 18.6 Å². The van der Waals surface area contributed by atoms with E-state index >= 15 is 0 Å². The van der Waals surface area contributed by atoms with Crippen molar-refractivity contribution in [2.75, 3.05) is 17.2 Å². The molecule has 0 radical (unpaired) electrons. The summed E-state index contributed by atoms with van der Waals surface area (Å²) in [5.41, 5.74) is 6.64. The van der Waals surface area contributed by atoms with Crippen LogP contribution in [0.4, 0.5) is 11.5 Å². The van der Waals surface area contributed by atoms with Gasteiger partial charge in [0.15, 0.2) is 5.82 Å². The van der Waals surface area contributed by atoms with Gasteiger partial charge in [0.25, 0.3) is 0 Å². The fourth-order valence-electron chi connectivity index (χ4n) is 2.10. The molecule has 0 aliphatic carbocycles. The molecule has 0 fully saturated rings. The third-order valence-electron chi connectivity index (χ3n) is 2.88. The molecule has 6 heteroatoms. The topological polar surface area (TPSA) is 64.9 Å². The molecule has 0 aromatic carbocycles. The maximum Gasteiger partial charge on any atom is 0.174 e. The summed E-state index contributed by atoms with van der Waals surface area (Å²) in [6.07, 6.45) is 5.67. The van der Waals surface area contributed by atoms with Crippen LogP contribution in [-0.2, 0) is 20.1 Å². The van der Waals surface area contributed by atoms with Crippen molar-refractivity contribution in [1.29, 1.82) is 0 Å². The third-order valence-corrected chi connectivity index (χ3v) is 2.88. The number of nitrogens with zero attached hydrogens (tertiary/aromatic N) is 5. The third kappa shape index (κ3) is 1.34. The van der Waals surface area contributed by atoms with Crippen LogP contribution in [-0.4, -0.2) is 25.9 Å². The van der Waals surface area contributed by atoms with Gasteiger partial charge >= 0.3 is 0 Å². The second-order valence-electron chi connectivity index (χ2n) is 4.04. The van der Waals surface area contributed by atoms with Crippen LogP contribution in [0.3, 0.4) is 0 Å². The average Bonchev–Trinajstić information content (AvgIpc) is 2.83. The normalized spacial score (nSPS) is 15.2. The van der Waals surface area contributed by atoms with Crippen LogP contribution in [0.2, 0.25) is 0 Å². The molecule has 0 bridgehead atoms. The van der Waals surface area contributed by atoms with Crippen molar-refractivity contribution >= 4 is 11.5 Å². The predicted molar refractivity (Wildman–Crippen MR) is 60.9 cm³/mol. The molecule has 0 spiro atoms. The van der Waals surface area contributed by atoms with E-state index in [9.17, 15) is 0 Å². The molecule has 2 aromatic rings. The zero-order valence-corrected chi connectivity index (χ0v) is 9.17. The molecule has 0 saturated carbocycles. The molecule has 0 saturated heterocycles. The van der Waals surface area contributed by atoms with E-state index in [4.69, 9.17) is 5.73 Å². The zero-order valence-electron chi connectivity index (χ0n) is 9.17. The average molecular weight is 218 g/mol. The van der Waals surface area contributed by atoms with Crippen LogP contribution in [0.5, 0.6) is 0 Å². The largest absolute Gasteiger partial charge is 0.394 e. The van der Waals surface area contributed by atoms with Crippen LogP contribution in [0.1, 0.15) is 5.82 Å². The fraction of sp³-hybridized carbons (Fsp3) is 0.400. The highest BCUT2D eigenvalue weighted by molar-refractivity contribution is 5.61. The maximum atomic E-state index is 5.92. The molecule has 0 amide bonds.